The molecule has 0 spiro atoms. The number of aliphatic hydroxyl groups excluding tert-OH is 1. The van der Waals surface area contributed by atoms with Crippen molar-refractivity contribution in [2.24, 2.45) is 11.1 Å². The van der Waals surface area contributed by atoms with Crippen molar-refractivity contribution in [1.29, 1.82) is 0 Å². The molecule has 1 aromatic carbocycles. The first-order valence-corrected chi connectivity index (χ1v) is 13.8. The molecule has 3 N–H and O–H groups in total. The Morgan fingerprint density at radius 2 is 2.00 bits per heavy atom. The topological polar surface area (TPSA) is 132 Å². The number of aromatic nitrogens is 2. The predicted octanol–water partition coefficient (Wildman–Crippen LogP) is 1.39. The van der Waals surface area contributed by atoms with Gasteiger partial charge in [-0.05, 0) is 36.8 Å². The normalized spacial score (nSPS) is 22.3. The average molecular weight is 554 g/mol. The Kier molecular flexibility index (Phi) is 8.85. The van der Waals surface area contributed by atoms with Crippen LogP contribution in [0.2, 0.25) is 0 Å². The third kappa shape index (κ3) is 6.92. The number of carbonyl (C=O) groups excluding carboxylic acids is 2. The Balaban J connectivity index is 1.09. The number of likely N-dealkylation sites (tertiary alicyclic amines) is 1. The lowest BCUT2D eigenvalue weighted by molar-refractivity contribution is -0.126. The van der Waals surface area contributed by atoms with Gasteiger partial charge in [-0.15, -0.1) is 0 Å². The maximum atomic E-state index is 15.1. The number of rotatable bonds is 10. The first kappa shape index (κ1) is 27.9. The molecule has 2 amide bonds. The van der Waals surface area contributed by atoms with Gasteiger partial charge in [0.1, 0.15) is 36.8 Å². The zero-order chi connectivity index (χ0) is 28.1. The number of aliphatic hydroxyl groups is 1. The monoisotopic (exact) mass is 553 g/mol. The molecule has 5 rings (SSSR count). The number of hydrogen-bond acceptors (Lipinski definition) is 9. The minimum Gasteiger partial charge on any atom is -0.399 e. The summed E-state index contributed by atoms with van der Waals surface area (Å²) in [5.41, 5.74) is 3.08. The molecule has 12 heteroatoms. The Morgan fingerprint density at radius 3 is 2.75 bits per heavy atom. The first-order chi connectivity index (χ1) is 19.4. The number of alkyl halides is 1. The third-order valence-electron chi connectivity index (χ3n) is 7.61. The van der Waals surface area contributed by atoms with E-state index in [9.17, 15) is 14.7 Å². The van der Waals surface area contributed by atoms with E-state index in [1.807, 2.05) is 12.1 Å². The molecule has 1 aliphatic carbocycles. The number of nitrogens with one attached hydrogen (secondary N) is 2. The van der Waals surface area contributed by atoms with Gasteiger partial charge in [0.15, 0.2) is 0 Å². The molecule has 1 saturated heterocycles. The first-order valence-electron chi connectivity index (χ1n) is 13.8. The van der Waals surface area contributed by atoms with Crippen LogP contribution in [0.3, 0.4) is 0 Å². The second-order valence-electron chi connectivity index (χ2n) is 10.6. The van der Waals surface area contributed by atoms with Gasteiger partial charge < -0.3 is 25.5 Å². The van der Waals surface area contributed by atoms with E-state index in [4.69, 9.17) is 4.84 Å². The fourth-order valence-corrected chi connectivity index (χ4v) is 5.28. The van der Waals surface area contributed by atoms with Gasteiger partial charge in [0.2, 0.25) is 0 Å². The number of hydrogen-bond donors (Lipinski definition) is 3. The second-order valence-corrected chi connectivity index (χ2v) is 10.6. The van der Waals surface area contributed by atoms with Gasteiger partial charge in [-0.2, -0.15) is 0 Å². The van der Waals surface area contributed by atoms with Crippen molar-refractivity contribution in [3.63, 3.8) is 0 Å². The number of oxime groups is 1. The van der Waals surface area contributed by atoms with Crippen molar-refractivity contribution in [2.75, 3.05) is 45.2 Å². The highest BCUT2D eigenvalue weighted by Crippen LogP contribution is 2.32. The molecule has 11 nitrogen and oxygen atoms in total. The smallest absolute Gasteiger partial charge is 0.272 e. The van der Waals surface area contributed by atoms with E-state index in [0.29, 0.717) is 31.0 Å². The molecule has 214 valence electrons. The van der Waals surface area contributed by atoms with Crippen LogP contribution in [0.15, 0.2) is 41.8 Å². The molecule has 0 bridgehead atoms. The summed E-state index contributed by atoms with van der Waals surface area (Å²) in [6.45, 7) is 2.46. The number of fused-ring (bicyclic) bond motifs is 1. The highest BCUT2D eigenvalue weighted by atomic mass is 19.1. The van der Waals surface area contributed by atoms with Crippen LogP contribution in [0.4, 0.5) is 10.2 Å². The van der Waals surface area contributed by atoms with E-state index in [0.717, 1.165) is 32.4 Å². The van der Waals surface area contributed by atoms with Crippen LogP contribution in [0, 0.1) is 5.92 Å². The molecule has 2 aromatic rings. The zero-order valence-corrected chi connectivity index (χ0v) is 22.6. The highest BCUT2D eigenvalue weighted by molar-refractivity contribution is 6.40. The Morgan fingerprint density at radius 1 is 1.20 bits per heavy atom. The Bertz CT molecular complexity index is 1240. The number of piperidine rings is 1. The maximum Gasteiger partial charge on any atom is 0.272 e. The summed E-state index contributed by atoms with van der Waals surface area (Å²) >= 11 is 0. The molecule has 2 fully saturated rings. The van der Waals surface area contributed by atoms with Crippen molar-refractivity contribution >= 4 is 23.3 Å². The molecule has 3 heterocycles. The molecule has 1 aromatic heterocycles. The highest BCUT2D eigenvalue weighted by Gasteiger charge is 2.39. The average Bonchev–Trinajstić information content (AvgIpc) is 3.81. The SMILES string of the molecule is CON=C(C(=O)N1CCC(Nc2cc(C(=O)NCC(O)CN3CCc4ccccc4C3)ncn2)C(F)C1)C1CC1. The van der Waals surface area contributed by atoms with Gasteiger partial charge in [0.25, 0.3) is 11.8 Å². The van der Waals surface area contributed by atoms with E-state index < -0.39 is 24.2 Å². The minimum atomic E-state index is -1.33. The summed E-state index contributed by atoms with van der Waals surface area (Å²) in [4.78, 5) is 42.2. The summed E-state index contributed by atoms with van der Waals surface area (Å²) in [5, 5.41) is 20.2. The number of β-amino-alcohol motifs (C(OH)–C–C–N with tert-alkyl or cyclic N) is 1. The number of amides is 2. The van der Waals surface area contributed by atoms with E-state index >= 15 is 4.39 Å². The largest absolute Gasteiger partial charge is 0.399 e. The van der Waals surface area contributed by atoms with Crippen LogP contribution in [0.1, 0.15) is 40.9 Å². The summed E-state index contributed by atoms with van der Waals surface area (Å²) in [6.07, 6.45) is 2.27. The lowest BCUT2D eigenvalue weighted by Gasteiger charge is -2.35. The predicted molar refractivity (Wildman–Crippen MR) is 146 cm³/mol. The van der Waals surface area contributed by atoms with Gasteiger partial charge in [-0.1, -0.05) is 29.4 Å². The van der Waals surface area contributed by atoms with Crippen molar-refractivity contribution in [3.8, 4) is 0 Å². The number of nitrogens with zero attached hydrogens (tertiary/aromatic N) is 5. The molecular weight excluding hydrogens is 517 g/mol. The van der Waals surface area contributed by atoms with Crippen molar-refractivity contribution < 1.29 is 23.9 Å². The maximum absolute atomic E-state index is 15.1. The second kappa shape index (κ2) is 12.7. The van der Waals surface area contributed by atoms with Crippen LogP contribution < -0.4 is 10.6 Å². The lowest BCUT2D eigenvalue weighted by Crippen LogP contribution is -2.52. The van der Waals surface area contributed by atoms with Crippen LogP contribution >= 0.6 is 0 Å². The van der Waals surface area contributed by atoms with Gasteiger partial charge >= 0.3 is 0 Å². The van der Waals surface area contributed by atoms with Crippen LogP contribution in [0.25, 0.3) is 0 Å². The fraction of sp³-hybridized carbons (Fsp3) is 0.536. The van der Waals surface area contributed by atoms with Crippen molar-refractivity contribution in [2.45, 2.75) is 50.5 Å². The third-order valence-corrected chi connectivity index (χ3v) is 7.61. The molecular formula is C28H36FN7O4. The standard InChI is InChI=1S/C28H36FN7O4/c1-40-34-26(19-6-7-19)28(39)36-11-9-23(22(29)16-36)33-25-12-24(31-17-32-25)27(38)30-13-21(37)15-35-10-8-18-4-2-3-5-20(18)14-35/h2-5,12,17,19,21-23,37H,6-11,13-16H2,1H3,(H,30,38)(H,31,32,33). The van der Waals surface area contributed by atoms with Gasteiger partial charge in [-0.25, -0.2) is 14.4 Å². The number of carbonyl (C=O) groups is 2. The van der Waals surface area contributed by atoms with Crippen molar-refractivity contribution in [3.05, 3.63) is 53.5 Å². The minimum absolute atomic E-state index is 0.0646. The molecule has 2 aliphatic heterocycles. The molecule has 3 atom stereocenters. The molecule has 3 aliphatic rings. The van der Waals surface area contributed by atoms with Crippen LogP contribution in [-0.4, -0.2) is 101 Å². The van der Waals surface area contributed by atoms with E-state index in [2.05, 4.69) is 42.8 Å². The fourth-order valence-electron chi connectivity index (χ4n) is 5.28. The Labute approximate surface area is 232 Å². The molecule has 40 heavy (non-hydrogen) atoms. The zero-order valence-electron chi connectivity index (χ0n) is 22.6. The summed E-state index contributed by atoms with van der Waals surface area (Å²) in [7, 11) is 1.40. The molecule has 0 radical (unpaired) electrons. The van der Waals surface area contributed by atoms with Gasteiger partial charge in [0, 0.05) is 44.7 Å². The molecule has 3 unspecified atom stereocenters. The summed E-state index contributed by atoms with van der Waals surface area (Å²) < 4.78 is 15.1. The van der Waals surface area contributed by atoms with E-state index in [1.54, 1.807) is 0 Å². The van der Waals surface area contributed by atoms with E-state index in [1.165, 1.54) is 35.5 Å². The lowest BCUT2D eigenvalue weighted by atomic mass is 10.00. The number of halogens is 1. The number of benzene rings is 1. The van der Waals surface area contributed by atoms with Crippen LogP contribution in [-0.2, 0) is 22.6 Å². The van der Waals surface area contributed by atoms with Crippen molar-refractivity contribution in [1.82, 2.24) is 25.1 Å². The summed E-state index contributed by atoms with van der Waals surface area (Å²) in [5.74, 6) is -0.315. The van der Waals surface area contributed by atoms with Gasteiger partial charge in [-0.3, -0.25) is 14.5 Å². The Hall–Kier alpha value is -3.64. The number of anilines is 1. The quantitative estimate of drug-likeness (QED) is 0.297. The van der Waals surface area contributed by atoms with Crippen LogP contribution in [0.5, 0.6) is 0 Å². The van der Waals surface area contributed by atoms with Gasteiger partial charge in [0.05, 0.1) is 18.7 Å². The van der Waals surface area contributed by atoms with E-state index in [-0.39, 0.29) is 30.6 Å². The molecule has 1 saturated carbocycles. The summed E-state index contributed by atoms with van der Waals surface area (Å²) in [6, 6.07) is 9.19.